The van der Waals surface area contributed by atoms with Gasteiger partial charge in [0.25, 0.3) is 5.89 Å². The van der Waals surface area contributed by atoms with E-state index in [4.69, 9.17) is 14.1 Å². The topological polar surface area (TPSA) is 106 Å². The minimum absolute atomic E-state index is 0.0905. The molecule has 1 fully saturated rings. The highest BCUT2D eigenvalue weighted by Gasteiger charge is 2.29. The summed E-state index contributed by atoms with van der Waals surface area (Å²) in [4.78, 5) is 9.12. The molecule has 188 valence electrons. The summed E-state index contributed by atoms with van der Waals surface area (Å²) in [7, 11) is 1.53. The number of nitrogens with one attached hydrogen (secondary N) is 1. The van der Waals surface area contributed by atoms with E-state index >= 15 is 0 Å². The molecule has 1 atom stereocenters. The molecular formula is C24H28F3N5O3. The van der Waals surface area contributed by atoms with E-state index in [-0.39, 0.29) is 11.9 Å². The third kappa shape index (κ3) is 5.79. The molecule has 4 rings (SSSR count). The van der Waals surface area contributed by atoms with Crippen molar-refractivity contribution in [3.05, 3.63) is 29.3 Å². The Labute approximate surface area is 200 Å². The number of ether oxygens (including phenoxy) is 1. The van der Waals surface area contributed by atoms with Crippen LogP contribution < -0.4 is 5.32 Å². The van der Waals surface area contributed by atoms with Gasteiger partial charge in [-0.05, 0) is 63.8 Å². The SMILES string of the molecule is COC(C)(C)c1cc(NCC(F)(F)F)cc2c(C)cc(-c3nnc(/N=C4\CCC[C@H](O)C4)o3)nc12. The van der Waals surface area contributed by atoms with Gasteiger partial charge in [0.05, 0.1) is 17.2 Å². The Kier molecular flexibility index (Phi) is 6.83. The zero-order valence-corrected chi connectivity index (χ0v) is 20.0. The number of methoxy groups -OCH3 is 1. The van der Waals surface area contributed by atoms with Gasteiger partial charge in [-0.1, -0.05) is 5.10 Å². The molecule has 1 saturated carbocycles. The fraction of sp³-hybridized carbons (Fsp3) is 0.500. The molecule has 1 aliphatic carbocycles. The molecule has 0 amide bonds. The summed E-state index contributed by atoms with van der Waals surface area (Å²) in [6, 6.07) is 5.09. The molecule has 35 heavy (non-hydrogen) atoms. The van der Waals surface area contributed by atoms with E-state index in [1.165, 1.54) is 7.11 Å². The minimum atomic E-state index is -4.35. The van der Waals surface area contributed by atoms with Crippen LogP contribution in [0.25, 0.3) is 22.5 Å². The number of anilines is 1. The Hall–Kier alpha value is -3.05. The minimum Gasteiger partial charge on any atom is -0.400 e. The van der Waals surface area contributed by atoms with Crippen molar-refractivity contribution in [1.82, 2.24) is 15.2 Å². The van der Waals surface area contributed by atoms with Gasteiger partial charge in [0.2, 0.25) is 0 Å². The molecule has 2 N–H and O–H groups in total. The summed E-state index contributed by atoms with van der Waals surface area (Å²) in [5.74, 6) is 0.172. The van der Waals surface area contributed by atoms with Gasteiger partial charge < -0.3 is 19.6 Å². The number of hydrogen-bond acceptors (Lipinski definition) is 8. The maximum Gasteiger partial charge on any atom is 0.405 e. The number of hydrogen-bond donors (Lipinski definition) is 2. The number of rotatable bonds is 6. The fourth-order valence-electron chi connectivity index (χ4n) is 4.09. The van der Waals surface area contributed by atoms with Crippen LogP contribution in [0.1, 0.15) is 50.7 Å². The van der Waals surface area contributed by atoms with Crippen molar-refractivity contribution in [2.45, 2.75) is 64.3 Å². The van der Waals surface area contributed by atoms with E-state index in [2.05, 4.69) is 20.5 Å². The number of nitrogens with zero attached hydrogens (tertiary/aromatic N) is 4. The van der Waals surface area contributed by atoms with Gasteiger partial charge in [-0.2, -0.15) is 13.2 Å². The summed E-state index contributed by atoms with van der Waals surface area (Å²) in [5.41, 5.74) is 2.66. The van der Waals surface area contributed by atoms with Crippen molar-refractivity contribution in [2.75, 3.05) is 19.0 Å². The Morgan fingerprint density at radius 2 is 2.00 bits per heavy atom. The summed E-state index contributed by atoms with van der Waals surface area (Å²) in [6.07, 6.45) is -1.91. The first kappa shape index (κ1) is 25.1. The molecule has 3 aromatic rings. The molecule has 0 saturated heterocycles. The molecular weight excluding hydrogens is 463 g/mol. The lowest BCUT2D eigenvalue weighted by atomic mass is 9.92. The van der Waals surface area contributed by atoms with Crippen molar-refractivity contribution in [3.8, 4) is 11.6 Å². The third-order valence-corrected chi connectivity index (χ3v) is 6.13. The molecule has 2 heterocycles. The average molecular weight is 492 g/mol. The van der Waals surface area contributed by atoms with Crippen molar-refractivity contribution < 1.29 is 27.4 Å². The molecule has 8 nitrogen and oxygen atoms in total. The van der Waals surface area contributed by atoms with E-state index in [0.717, 1.165) is 30.5 Å². The number of halogens is 3. The van der Waals surface area contributed by atoms with Crippen molar-refractivity contribution in [1.29, 1.82) is 0 Å². The smallest absolute Gasteiger partial charge is 0.400 e. The summed E-state index contributed by atoms with van der Waals surface area (Å²) in [5, 5.41) is 21.1. The maximum atomic E-state index is 12.8. The highest BCUT2D eigenvalue weighted by Crippen LogP contribution is 2.36. The molecule has 2 aromatic heterocycles. The van der Waals surface area contributed by atoms with Gasteiger partial charge >= 0.3 is 12.2 Å². The Balaban J connectivity index is 1.75. The number of aliphatic hydroxyl groups excluding tert-OH is 1. The second kappa shape index (κ2) is 9.54. The van der Waals surface area contributed by atoms with Crippen LogP contribution in [0.3, 0.4) is 0 Å². The highest BCUT2D eigenvalue weighted by atomic mass is 19.4. The number of aryl methyl sites for hydroxylation is 1. The largest absolute Gasteiger partial charge is 0.405 e. The van der Waals surface area contributed by atoms with Crippen LogP contribution in [0.5, 0.6) is 0 Å². The van der Waals surface area contributed by atoms with E-state index in [0.29, 0.717) is 34.3 Å². The van der Waals surface area contributed by atoms with Crippen LogP contribution in [0.4, 0.5) is 24.9 Å². The van der Waals surface area contributed by atoms with E-state index in [9.17, 15) is 18.3 Å². The lowest BCUT2D eigenvalue weighted by Crippen LogP contribution is -2.23. The van der Waals surface area contributed by atoms with Gasteiger partial charge in [-0.25, -0.2) is 9.98 Å². The van der Waals surface area contributed by atoms with Gasteiger partial charge in [-0.15, -0.1) is 5.10 Å². The monoisotopic (exact) mass is 491 g/mol. The Morgan fingerprint density at radius 3 is 2.69 bits per heavy atom. The summed E-state index contributed by atoms with van der Waals surface area (Å²) in [6.45, 7) is 4.32. The van der Waals surface area contributed by atoms with Gasteiger partial charge in [-0.3, -0.25) is 0 Å². The normalized spacial score (nSPS) is 18.4. The second-order valence-corrected chi connectivity index (χ2v) is 9.25. The van der Waals surface area contributed by atoms with Gasteiger partial charge in [0.1, 0.15) is 12.2 Å². The molecule has 0 unspecified atom stereocenters. The molecule has 0 radical (unpaired) electrons. The number of aliphatic hydroxyl groups is 1. The highest BCUT2D eigenvalue weighted by molar-refractivity contribution is 5.91. The van der Waals surface area contributed by atoms with E-state index < -0.39 is 24.4 Å². The first-order valence-electron chi connectivity index (χ1n) is 11.4. The van der Waals surface area contributed by atoms with Gasteiger partial charge in [0, 0.05) is 35.9 Å². The summed E-state index contributed by atoms with van der Waals surface area (Å²) >= 11 is 0. The number of pyridine rings is 1. The van der Waals surface area contributed by atoms with Gasteiger partial charge in [0.15, 0.2) is 0 Å². The number of aliphatic imine (C=N–C) groups is 1. The zero-order valence-electron chi connectivity index (χ0n) is 20.0. The quantitative estimate of drug-likeness (QED) is 0.472. The standard InChI is InChI=1S/C24H28F3N5O3/c1-13-8-19(21-31-32-22(35-21)29-14-6-5-7-16(33)9-14)30-20-17(13)10-15(28-12-24(25,26)27)11-18(20)23(2,3)34-4/h8,10-11,16,28,33H,5-7,9,12H2,1-4H3/b29-14+/t16-/m0/s1. The van der Waals surface area contributed by atoms with Crippen LogP contribution in [0, 0.1) is 6.92 Å². The third-order valence-electron chi connectivity index (χ3n) is 6.13. The first-order valence-corrected chi connectivity index (χ1v) is 11.4. The lowest BCUT2D eigenvalue weighted by molar-refractivity contribution is -0.115. The van der Waals surface area contributed by atoms with Crippen LogP contribution >= 0.6 is 0 Å². The van der Waals surface area contributed by atoms with Crippen molar-refractivity contribution in [2.24, 2.45) is 4.99 Å². The maximum absolute atomic E-state index is 12.8. The number of aromatic nitrogens is 3. The Morgan fingerprint density at radius 1 is 1.23 bits per heavy atom. The van der Waals surface area contributed by atoms with E-state index in [1.54, 1.807) is 18.2 Å². The molecule has 11 heteroatoms. The van der Waals surface area contributed by atoms with Crippen molar-refractivity contribution in [3.63, 3.8) is 0 Å². The first-order chi connectivity index (χ1) is 16.4. The van der Waals surface area contributed by atoms with Crippen LogP contribution in [-0.4, -0.2) is 51.9 Å². The average Bonchev–Trinajstić information content (AvgIpc) is 3.25. The van der Waals surface area contributed by atoms with Crippen LogP contribution in [0.2, 0.25) is 0 Å². The zero-order chi connectivity index (χ0) is 25.4. The van der Waals surface area contributed by atoms with Crippen LogP contribution in [-0.2, 0) is 10.3 Å². The lowest BCUT2D eigenvalue weighted by Gasteiger charge is -2.26. The fourth-order valence-corrected chi connectivity index (χ4v) is 4.09. The predicted octanol–water partition coefficient (Wildman–Crippen LogP) is 5.46. The second-order valence-electron chi connectivity index (χ2n) is 9.25. The molecule has 0 aliphatic heterocycles. The molecule has 0 spiro atoms. The molecule has 1 aromatic carbocycles. The van der Waals surface area contributed by atoms with E-state index in [1.807, 2.05) is 20.8 Å². The molecule has 0 bridgehead atoms. The Bertz CT molecular complexity index is 1250. The number of fused-ring (bicyclic) bond motifs is 1. The van der Waals surface area contributed by atoms with Crippen LogP contribution in [0.15, 0.2) is 27.6 Å². The predicted molar refractivity (Wildman–Crippen MR) is 126 cm³/mol. The summed E-state index contributed by atoms with van der Waals surface area (Å²) < 4.78 is 49.8. The number of benzene rings is 1. The van der Waals surface area contributed by atoms with Crippen molar-refractivity contribution >= 4 is 28.3 Å². The molecule has 1 aliphatic rings. The number of alkyl halides is 3.